The lowest BCUT2D eigenvalue weighted by Crippen LogP contribution is -2.60. The number of rotatable bonds is 5. The van der Waals surface area contributed by atoms with Gasteiger partial charge in [-0.3, -0.25) is 24.1 Å². The van der Waals surface area contributed by atoms with Crippen LogP contribution in [0, 0.1) is 29.4 Å². The average molecular weight is 667 g/mol. The summed E-state index contributed by atoms with van der Waals surface area (Å²) in [4.78, 5) is 53.8. The van der Waals surface area contributed by atoms with Gasteiger partial charge in [0.2, 0.25) is 11.8 Å². The highest BCUT2D eigenvalue weighted by Gasteiger charge is 2.76. The summed E-state index contributed by atoms with van der Waals surface area (Å²) in [5, 5.41) is 19.5. The number of phenols is 2. The molecule has 0 unspecified atom stereocenters. The van der Waals surface area contributed by atoms with E-state index in [0.29, 0.717) is 12.0 Å². The minimum atomic E-state index is -2.21. The largest absolute Gasteiger partial charge is 0.508 e. The lowest BCUT2D eigenvalue weighted by molar-refractivity contribution is -0.140. The normalized spacial score (nSPS) is 30.3. The molecule has 46 heavy (non-hydrogen) atoms. The third-order valence-corrected chi connectivity index (χ3v) is 11.3. The molecule has 3 aromatic rings. The number of benzene rings is 3. The molecule has 4 aliphatic rings. The van der Waals surface area contributed by atoms with Crippen molar-refractivity contribution in [3.63, 3.8) is 0 Å². The van der Waals surface area contributed by atoms with E-state index in [4.69, 9.17) is 23.2 Å². The number of anilines is 1. The summed E-state index contributed by atoms with van der Waals surface area (Å²) in [6, 6.07) is 14.6. The second-order valence-corrected chi connectivity index (χ2v) is 13.4. The van der Waals surface area contributed by atoms with E-state index in [2.05, 4.69) is 0 Å². The molecular formula is C34H26Cl2F2N2O6. The van der Waals surface area contributed by atoms with Crippen LogP contribution in [0.3, 0.4) is 0 Å². The van der Waals surface area contributed by atoms with Gasteiger partial charge >= 0.3 is 0 Å². The predicted molar refractivity (Wildman–Crippen MR) is 163 cm³/mol. The topological polar surface area (TPSA) is 115 Å². The molecule has 7 rings (SSSR count). The number of imide groups is 2. The third-order valence-electron chi connectivity index (χ3n) is 9.85. The van der Waals surface area contributed by atoms with Crippen molar-refractivity contribution >= 4 is 52.5 Å². The Hall–Kier alpha value is -4.28. The van der Waals surface area contributed by atoms with E-state index < -0.39 is 68.5 Å². The Morgan fingerprint density at radius 3 is 2.22 bits per heavy atom. The number of carbonyl (C=O) groups is 4. The summed E-state index contributed by atoms with van der Waals surface area (Å²) >= 11 is 14.5. The van der Waals surface area contributed by atoms with Gasteiger partial charge in [-0.25, -0.2) is 13.7 Å². The number of halogens is 4. The van der Waals surface area contributed by atoms with Crippen LogP contribution in [0.15, 0.2) is 78.4 Å². The lowest BCUT2D eigenvalue weighted by atomic mass is 9.56. The molecule has 3 aromatic carbocycles. The number of likely N-dealkylation sites (tertiary alicyclic amines) is 1. The molecule has 0 bridgehead atoms. The third kappa shape index (κ3) is 4.23. The summed E-state index contributed by atoms with van der Waals surface area (Å²) < 4.78 is 28.6. The van der Waals surface area contributed by atoms with E-state index >= 15 is 0 Å². The standard InChI is InChI=1S/C34H26Cl2F2N2O6/c35-33-16-24-22(10-11-23-27(24)30(44)39(29(23)43)14-13-17-1-8-21(41)9-2-17)28(18-3-12-26(42)25(38)15-18)34(33,36)32(46)40(31(33)45)20-6-4-19(37)5-7-20/h1-10,12,15,23-24,27-28,41-42H,11,13-14,16H2/t23-,24+,27-,28-,33+,34-/m0/s1. The Labute approximate surface area is 271 Å². The van der Waals surface area contributed by atoms with Crippen LogP contribution in [0.1, 0.15) is 29.9 Å². The Morgan fingerprint density at radius 2 is 1.54 bits per heavy atom. The van der Waals surface area contributed by atoms with Gasteiger partial charge in [-0.05, 0) is 84.8 Å². The molecule has 2 aliphatic heterocycles. The summed E-state index contributed by atoms with van der Waals surface area (Å²) in [5.41, 5.74) is 1.46. The Bertz CT molecular complexity index is 1850. The number of phenolic OH excluding ortho intramolecular Hbond substituents is 2. The van der Waals surface area contributed by atoms with Crippen LogP contribution in [-0.2, 0) is 25.6 Å². The number of hydrogen-bond acceptors (Lipinski definition) is 6. The zero-order valence-electron chi connectivity index (χ0n) is 24.0. The fourth-order valence-corrected chi connectivity index (χ4v) is 8.60. The maximum absolute atomic E-state index is 14.8. The Morgan fingerprint density at radius 1 is 0.848 bits per heavy atom. The smallest absolute Gasteiger partial charge is 0.258 e. The van der Waals surface area contributed by atoms with Crippen molar-refractivity contribution in [3.05, 3.63) is 101 Å². The lowest BCUT2D eigenvalue weighted by Gasteiger charge is -2.50. The van der Waals surface area contributed by atoms with Gasteiger partial charge in [-0.1, -0.05) is 29.8 Å². The second kappa shape index (κ2) is 10.6. The van der Waals surface area contributed by atoms with Crippen LogP contribution in [-0.4, -0.2) is 55.0 Å². The van der Waals surface area contributed by atoms with Gasteiger partial charge in [0, 0.05) is 12.5 Å². The molecule has 2 N–H and O–H groups in total. The first-order valence-corrected chi connectivity index (χ1v) is 15.5. The summed E-state index contributed by atoms with van der Waals surface area (Å²) in [5.74, 6) is -8.45. The van der Waals surface area contributed by atoms with Crippen LogP contribution in [0.5, 0.6) is 11.5 Å². The van der Waals surface area contributed by atoms with Crippen molar-refractivity contribution in [2.75, 3.05) is 11.4 Å². The molecule has 3 fully saturated rings. The van der Waals surface area contributed by atoms with E-state index in [1.807, 2.05) is 0 Å². The quantitative estimate of drug-likeness (QED) is 0.220. The average Bonchev–Trinajstić information content (AvgIpc) is 3.36. The number of allylic oxidation sites excluding steroid dienone is 2. The second-order valence-electron chi connectivity index (χ2n) is 12.2. The number of nitrogens with zero attached hydrogens (tertiary/aromatic N) is 2. The van der Waals surface area contributed by atoms with E-state index in [1.54, 1.807) is 18.2 Å². The van der Waals surface area contributed by atoms with Gasteiger partial charge < -0.3 is 10.2 Å². The molecule has 1 saturated carbocycles. The van der Waals surface area contributed by atoms with Crippen LogP contribution < -0.4 is 4.90 Å². The van der Waals surface area contributed by atoms with Gasteiger partial charge in [-0.15, -0.1) is 23.2 Å². The first-order valence-electron chi connectivity index (χ1n) is 14.7. The molecule has 236 valence electrons. The fraction of sp³-hybridized carbons (Fsp3) is 0.294. The molecule has 0 spiro atoms. The first-order chi connectivity index (χ1) is 21.9. The molecule has 2 heterocycles. The molecule has 12 heteroatoms. The van der Waals surface area contributed by atoms with E-state index in [-0.39, 0.29) is 42.3 Å². The molecule has 6 atom stereocenters. The van der Waals surface area contributed by atoms with E-state index in [1.165, 1.54) is 35.2 Å². The van der Waals surface area contributed by atoms with Gasteiger partial charge in [0.25, 0.3) is 11.8 Å². The van der Waals surface area contributed by atoms with Gasteiger partial charge in [0.15, 0.2) is 21.3 Å². The van der Waals surface area contributed by atoms with Crippen molar-refractivity contribution < 1.29 is 38.2 Å². The van der Waals surface area contributed by atoms with Gasteiger partial charge in [0.1, 0.15) is 11.6 Å². The summed E-state index contributed by atoms with van der Waals surface area (Å²) in [6.45, 7) is 0.0886. The monoisotopic (exact) mass is 666 g/mol. The minimum absolute atomic E-state index is 0.0313. The molecule has 0 radical (unpaired) electrons. The molecular weight excluding hydrogens is 641 g/mol. The predicted octanol–water partition coefficient (Wildman–Crippen LogP) is 5.18. The minimum Gasteiger partial charge on any atom is -0.508 e. The molecule has 2 saturated heterocycles. The first kappa shape index (κ1) is 30.4. The highest BCUT2D eigenvalue weighted by atomic mass is 35.5. The maximum atomic E-state index is 14.8. The Kier molecular flexibility index (Phi) is 7.02. The van der Waals surface area contributed by atoms with Gasteiger partial charge in [0.05, 0.1) is 17.5 Å². The van der Waals surface area contributed by atoms with Crippen molar-refractivity contribution in [2.24, 2.45) is 17.8 Å². The van der Waals surface area contributed by atoms with E-state index in [9.17, 15) is 38.2 Å². The number of hydrogen-bond donors (Lipinski definition) is 2. The van der Waals surface area contributed by atoms with Crippen LogP contribution >= 0.6 is 23.2 Å². The zero-order valence-corrected chi connectivity index (χ0v) is 25.5. The number of aromatic hydroxyl groups is 2. The highest BCUT2D eigenvalue weighted by Crippen LogP contribution is 2.65. The van der Waals surface area contributed by atoms with Crippen LogP contribution in [0.25, 0.3) is 0 Å². The number of carbonyl (C=O) groups excluding carboxylic acids is 4. The molecule has 2 aliphatic carbocycles. The van der Waals surface area contributed by atoms with Gasteiger partial charge in [-0.2, -0.15) is 0 Å². The summed E-state index contributed by atoms with van der Waals surface area (Å²) in [6.07, 6.45) is 1.95. The number of fused-ring (bicyclic) bond motifs is 4. The van der Waals surface area contributed by atoms with Crippen molar-refractivity contribution in [2.45, 2.75) is 34.9 Å². The molecule has 4 amide bonds. The van der Waals surface area contributed by atoms with Crippen LogP contribution in [0.4, 0.5) is 14.5 Å². The summed E-state index contributed by atoms with van der Waals surface area (Å²) in [7, 11) is 0. The maximum Gasteiger partial charge on any atom is 0.258 e. The molecule has 8 nitrogen and oxygen atoms in total. The number of amides is 4. The fourth-order valence-electron chi connectivity index (χ4n) is 7.66. The zero-order chi connectivity index (χ0) is 32.7. The van der Waals surface area contributed by atoms with Crippen LogP contribution in [0.2, 0.25) is 0 Å². The van der Waals surface area contributed by atoms with Crippen molar-refractivity contribution in [3.8, 4) is 11.5 Å². The van der Waals surface area contributed by atoms with E-state index in [0.717, 1.165) is 34.7 Å². The number of alkyl halides is 2. The van der Waals surface area contributed by atoms with Crippen molar-refractivity contribution in [1.29, 1.82) is 0 Å². The highest BCUT2D eigenvalue weighted by molar-refractivity contribution is 6.58. The van der Waals surface area contributed by atoms with Crippen molar-refractivity contribution in [1.82, 2.24) is 4.90 Å². The Balaban J connectivity index is 1.32. The molecule has 0 aromatic heterocycles. The SMILES string of the molecule is O=C1[C@H]2[C@H](CC=C3[C@H]2C[C@@]2(Cl)C(=O)N(c4ccc(F)cc4)C(=O)[C@@]2(Cl)[C@H]3c2ccc(O)c(F)c2)C(=O)N1CCc1ccc(O)cc1.